The first-order chi connectivity index (χ1) is 11.2. The summed E-state index contributed by atoms with van der Waals surface area (Å²) in [5.74, 6) is 0.593. The van der Waals surface area contributed by atoms with Crippen LogP contribution in [0.5, 0.6) is 5.75 Å². The quantitative estimate of drug-likeness (QED) is 0.696. The Morgan fingerprint density at radius 2 is 1.91 bits per heavy atom. The molecular weight excluding hydrogens is 292 g/mol. The van der Waals surface area contributed by atoms with Crippen molar-refractivity contribution < 1.29 is 14.6 Å². The summed E-state index contributed by atoms with van der Waals surface area (Å²) in [5.41, 5.74) is 2.91. The van der Waals surface area contributed by atoms with Gasteiger partial charge in [0.15, 0.2) is 0 Å². The van der Waals surface area contributed by atoms with Crippen LogP contribution in [0.15, 0.2) is 48.5 Å². The van der Waals surface area contributed by atoms with Gasteiger partial charge in [-0.25, -0.2) is 4.98 Å². The number of aliphatic carboxylic acids is 1. The first-order valence-corrected chi connectivity index (χ1v) is 7.44. The lowest BCUT2D eigenvalue weighted by molar-refractivity contribution is -0.305. The molecule has 3 rings (SSSR count). The molecule has 0 spiro atoms. The van der Waals surface area contributed by atoms with Crippen molar-refractivity contribution in [1.29, 1.82) is 0 Å². The van der Waals surface area contributed by atoms with Gasteiger partial charge in [0.1, 0.15) is 11.6 Å². The zero-order chi connectivity index (χ0) is 16.2. The zero-order valence-corrected chi connectivity index (χ0v) is 12.9. The Morgan fingerprint density at radius 1 is 1.17 bits per heavy atom. The average molecular weight is 309 g/mol. The van der Waals surface area contributed by atoms with Crippen molar-refractivity contribution in [2.75, 3.05) is 7.11 Å². The van der Waals surface area contributed by atoms with Gasteiger partial charge in [-0.1, -0.05) is 24.3 Å². The molecule has 0 unspecified atom stereocenters. The van der Waals surface area contributed by atoms with Crippen molar-refractivity contribution in [2.45, 2.75) is 19.4 Å². The fraction of sp³-hybridized carbons (Fsp3) is 0.222. The first kappa shape index (κ1) is 15.1. The summed E-state index contributed by atoms with van der Waals surface area (Å²) in [4.78, 5) is 15.5. The summed E-state index contributed by atoms with van der Waals surface area (Å²) in [6, 6.07) is 15.5. The highest BCUT2D eigenvalue weighted by Gasteiger charge is 2.11. The van der Waals surface area contributed by atoms with E-state index in [1.54, 1.807) is 7.11 Å². The number of carbonyl (C=O) groups is 1. The van der Waals surface area contributed by atoms with Crippen molar-refractivity contribution in [3.05, 3.63) is 59.9 Å². The number of carbonyl (C=O) groups excluding carboxylic acids is 1. The van der Waals surface area contributed by atoms with Crippen LogP contribution < -0.4 is 9.84 Å². The molecular formula is C18H17N2O3-. The van der Waals surface area contributed by atoms with Crippen LogP contribution in [-0.4, -0.2) is 22.6 Å². The predicted octanol–water partition coefficient (Wildman–Crippen LogP) is 1.78. The third-order valence-electron chi connectivity index (χ3n) is 3.79. The van der Waals surface area contributed by atoms with Crippen LogP contribution in [0.4, 0.5) is 0 Å². The van der Waals surface area contributed by atoms with Gasteiger partial charge in [0.25, 0.3) is 0 Å². The second kappa shape index (κ2) is 6.52. The van der Waals surface area contributed by atoms with Crippen LogP contribution in [0.2, 0.25) is 0 Å². The van der Waals surface area contributed by atoms with Crippen molar-refractivity contribution in [3.63, 3.8) is 0 Å². The van der Waals surface area contributed by atoms with E-state index in [1.165, 1.54) is 0 Å². The van der Waals surface area contributed by atoms with Crippen molar-refractivity contribution >= 4 is 17.0 Å². The SMILES string of the molecule is COc1ccc(Cc2nc3ccccc3n2CCC(=O)[O-])cc1. The van der Waals surface area contributed by atoms with Gasteiger partial charge in [-0.15, -0.1) is 0 Å². The average Bonchev–Trinajstić information content (AvgIpc) is 2.90. The van der Waals surface area contributed by atoms with Gasteiger partial charge in [-0.05, 0) is 29.8 Å². The normalized spacial score (nSPS) is 10.8. The van der Waals surface area contributed by atoms with E-state index in [0.717, 1.165) is 28.2 Å². The molecule has 5 nitrogen and oxygen atoms in total. The standard InChI is InChI=1S/C18H18N2O3/c1-23-14-8-6-13(7-9-14)12-17-19-15-4-2-3-5-16(15)20(17)11-10-18(21)22/h2-9H,10-12H2,1H3,(H,21,22)/p-1. The molecule has 23 heavy (non-hydrogen) atoms. The number of hydrogen-bond acceptors (Lipinski definition) is 4. The largest absolute Gasteiger partial charge is 0.550 e. The Bertz CT molecular complexity index is 822. The van der Waals surface area contributed by atoms with E-state index in [-0.39, 0.29) is 6.42 Å². The molecule has 0 fully saturated rings. The second-order valence-electron chi connectivity index (χ2n) is 5.32. The van der Waals surface area contributed by atoms with Crippen molar-refractivity contribution in [1.82, 2.24) is 9.55 Å². The number of nitrogens with zero attached hydrogens (tertiary/aromatic N) is 2. The fourth-order valence-electron chi connectivity index (χ4n) is 2.64. The number of aromatic nitrogens is 2. The lowest BCUT2D eigenvalue weighted by Crippen LogP contribution is -2.24. The molecule has 5 heteroatoms. The highest BCUT2D eigenvalue weighted by Crippen LogP contribution is 2.20. The summed E-state index contributed by atoms with van der Waals surface area (Å²) in [5, 5.41) is 10.8. The highest BCUT2D eigenvalue weighted by molar-refractivity contribution is 5.76. The molecule has 0 bridgehead atoms. The number of hydrogen-bond donors (Lipinski definition) is 0. The van der Waals surface area contributed by atoms with Crippen LogP contribution in [0.3, 0.4) is 0 Å². The number of ether oxygens (including phenoxy) is 1. The minimum atomic E-state index is -1.06. The molecule has 0 radical (unpaired) electrons. The van der Waals surface area contributed by atoms with Crippen LogP contribution in [-0.2, 0) is 17.8 Å². The summed E-state index contributed by atoms with van der Waals surface area (Å²) in [6.07, 6.45) is 0.599. The maximum absolute atomic E-state index is 10.8. The molecule has 0 saturated carbocycles. The van der Waals surface area contributed by atoms with Gasteiger partial charge in [0.05, 0.1) is 18.1 Å². The number of aryl methyl sites for hydroxylation is 1. The first-order valence-electron chi connectivity index (χ1n) is 7.44. The summed E-state index contributed by atoms with van der Waals surface area (Å²) >= 11 is 0. The number of rotatable bonds is 6. The summed E-state index contributed by atoms with van der Waals surface area (Å²) in [6.45, 7) is 0.355. The lowest BCUT2D eigenvalue weighted by atomic mass is 10.1. The molecule has 0 aliphatic rings. The zero-order valence-electron chi connectivity index (χ0n) is 12.9. The lowest BCUT2D eigenvalue weighted by Gasteiger charge is -2.10. The van der Waals surface area contributed by atoms with E-state index in [4.69, 9.17) is 4.74 Å². The molecule has 0 aliphatic heterocycles. The fourth-order valence-corrected chi connectivity index (χ4v) is 2.64. The van der Waals surface area contributed by atoms with Gasteiger partial charge in [0.2, 0.25) is 0 Å². The minimum Gasteiger partial charge on any atom is -0.550 e. The smallest absolute Gasteiger partial charge is 0.118 e. The van der Waals surface area contributed by atoms with E-state index in [0.29, 0.717) is 13.0 Å². The number of methoxy groups -OCH3 is 1. The Morgan fingerprint density at radius 3 is 2.61 bits per heavy atom. The maximum atomic E-state index is 10.8. The van der Waals surface area contributed by atoms with Gasteiger partial charge >= 0.3 is 0 Å². The molecule has 0 saturated heterocycles. The van der Waals surface area contributed by atoms with Crippen LogP contribution >= 0.6 is 0 Å². The van der Waals surface area contributed by atoms with E-state index in [2.05, 4.69) is 4.98 Å². The number of fused-ring (bicyclic) bond motifs is 1. The Kier molecular flexibility index (Phi) is 4.28. The molecule has 0 aliphatic carbocycles. The third kappa shape index (κ3) is 3.34. The summed E-state index contributed by atoms with van der Waals surface area (Å²) < 4.78 is 7.12. The van der Waals surface area contributed by atoms with Crippen molar-refractivity contribution in [3.8, 4) is 5.75 Å². The molecule has 1 aromatic heterocycles. The molecule has 118 valence electrons. The number of imidazole rings is 1. The topological polar surface area (TPSA) is 67.2 Å². The molecule has 0 amide bonds. The van der Waals surface area contributed by atoms with Gasteiger partial charge in [0, 0.05) is 25.4 Å². The Balaban J connectivity index is 1.94. The van der Waals surface area contributed by atoms with E-state index in [9.17, 15) is 9.90 Å². The van der Waals surface area contributed by atoms with Crippen LogP contribution in [0.1, 0.15) is 17.8 Å². The number of benzene rings is 2. The van der Waals surface area contributed by atoms with E-state index < -0.39 is 5.97 Å². The van der Waals surface area contributed by atoms with Crippen LogP contribution in [0.25, 0.3) is 11.0 Å². The molecule has 0 atom stereocenters. The molecule has 0 N–H and O–H groups in total. The van der Waals surface area contributed by atoms with E-state index >= 15 is 0 Å². The Hall–Kier alpha value is -2.82. The predicted molar refractivity (Wildman–Crippen MR) is 85.2 cm³/mol. The van der Waals surface area contributed by atoms with Crippen molar-refractivity contribution in [2.24, 2.45) is 0 Å². The van der Waals surface area contributed by atoms with E-state index in [1.807, 2.05) is 53.1 Å². The van der Waals surface area contributed by atoms with Gasteiger partial charge in [-0.3, -0.25) is 0 Å². The number of para-hydroxylation sites is 2. The highest BCUT2D eigenvalue weighted by atomic mass is 16.5. The molecule has 2 aromatic carbocycles. The number of carboxylic acid groups (broad SMARTS) is 1. The van der Waals surface area contributed by atoms with Gasteiger partial charge < -0.3 is 19.2 Å². The Labute approximate surface area is 134 Å². The summed E-state index contributed by atoms with van der Waals surface area (Å²) in [7, 11) is 1.63. The second-order valence-corrected chi connectivity index (χ2v) is 5.32. The maximum Gasteiger partial charge on any atom is 0.118 e. The van der Waals surface area contributed by atoms with Crippen LogP contribution in [0, 0.1) is 0 Å². The molecule has 3 aromatic rings. The molecule has 1 heterocycles. The monoisotopic (exact) mass is 309 g/mol. The minimum absolute atomic E-state index is 0.0318. The third-order valence-corrected chi connectivity index (χ3v) is 3.79. The number of carboxylic acids is 1. The van der Waals surface area contributed by atoms with Gasteiger partial charge in [-0.2, -0.15) is 0 Å².